The third-order valence-electron chi connectivity index (χ3n) is 2.42. The van der Waals surface area contributed by atoms with E-state index in [1.807, 2.05) is 6.92 Å². The first-order valence-electron chi connectivity index (χ1n) is 5.61. The van der Waals surface area contributed by atoms with Crippen molar-refractivity contribution in [3.05, 3.63) is 24.3 Å². The van der Waals surface area contributed by atoms with E-state index in [1.165, 1.54) is 11.8 Å². The number of H-pyrrole nitrogens is 1. The molecule has 0 aliphatic carbocycles. The van der Waals surface area contributed by atoms with Gasteiger partial charge in [-0.15, -0.1) is 0 Å². The second-order valence-corrected chi connectivity index (χ2v) is 4.80. The fourth-order valence-electron chi connectivity index (χ4n) is 1.51. The van der Waals surface area contributed by atoms with Gasteiger partial charge < -0.3 is 10.3 Å². The molecule has 19 heavy (non-hydrogen) atoms. The van der Waals surface area contributed by atoms with Crippen molar-refractivity contribution in [1.82, 2.24) is 29.9 Å². The molecule has 3 aromatic rings. The van der Waals surface area contributed by atoms with Crippen LogP contribution in [0, 0.1) is 6.92 Å². The Morgan fingerprint density at radius 1 is 1.16 bits per heavy atom. The fourth-order valence-corrected chi connectivity index (χ4v) is 2.28. The summed E-state index contributed by atoms with van der Waals surface area (Å²) in [4.78, 5) is 24.3. The molecule has 0 radical (unpaired) electrons. The number of hydrogen-bond acceptors (Lipinski definition) is 7. The Balaban J connectivity index is 2.03. The van der Waals surface area contributed by atoms with Crippen molar-refractivity contribution in [2.24, 2.45) is 0 Å². The number of nitrogens with one attached hydrogen (secondary N) is 2. The summed E-state index contributed by atoms with van der Waals surface area (Å²) in [5.74, 6) is 0.522. The molecule has 0 aromatic carbocycles. The highest BCUT2D eigenvalue weighted by atomic mass is 32.2. The van der Waals surface area contributed by atoms with Gasteiger partial charge in [-0.3, -0.25) is 0 Å². The first-order chi connectivity index (χ1) is 9.26. The molecule has 0 fully saturated rings. The van der Waals surface area contributed by atoms with Gasteiger partial charge in [-0.1, -0.05) is 0 Å². The Labute approximate surface area is 113 Å². The van der Waals surface area contributed by atoms with E-state index in [9.17, 15) is 0 Å². The van der Waals surface area contributed by atoms with Gasteiger partial charge in [-0.2, -0.15) is 4.98 Å². The van der Waals surface area contributed by atoms with Gasteiger partial charge in [-0.05, 0) is 24.2 Å². The van der Waals surface area contributed by atoms with E-state index in [4.69, 9.17) is 0 Å². The van der Waals surface area contributed by atoms with Crippen LogP contribution in [0.5, 0.6) is 0 Å². The Bertz CT molecular complexity index is 707. The van der Waals surface area contributed by atoms with E-state index < -0.39 is 0 Å². The van der Waals surface area contributed by atoms with Crippen LogP contribution in [0.25, 0.3) is 11.2 Å². The summed E-state index contributed by atoms with van der Waals surface area (Å²) in [7, 11) is 1.77. The number of hydrogen-bond donors (Lipinski definition) is 2. The maximum absolute atomic E-state index is 4.40. The number of fused-ring (bicyclic) bond motifs is 1. The Morgan fingerprint density at radius 2 is 1.95 bits per heavy atom. The molecule has 0 amide bonds. The number of aromatic amines is 1. The predicted molar refractivity (Wildman–Crippen MR) is 72.1 cm³/mol. The van der Waals surface area contributed by atoms with Gasteiger partial charge >= 0.3 is 0 Å². The average Bonchev–Trinajstić information content (AvgIpc) is 2.89. The molecule has 0 saturated heterocycles. The molecule has 0 spiro atoms. The lowest BCUT2D eigenvalue weighted by molar-refractivity contribution is 0.944. The van der Waals surface area contributed by atoms with Gasteiger partial charge in [0.15, 0.2) is 10.8 Å². The van der Waals surface area contributed by atoms with Crippen LogP contribution in [0.4, 0.5) is 5.95 Å². The maximum atomic E-state index is 4.40. The van der Waals surface area contributed by atoms with Crippen molar-refractivity contribution < 1.29 is 0 Å². The Kier molecular flexibility index (Phi) is 3.00. The summed E-state index contributed by atoms with van der Waals surface area (Å²) in [6.45, 7) is 1.95. The lowest BCUT2D eigenvalue weighted by Crippen LogP contribution is -1.98. The molecule has 0 unspecified atom stereocenters. The second kappa shape index (κ2) is 4.81. The topological polar surface area (TPSA) is 92.3 Å². The summed E-state index contributed by atoms with van der Waals surface area (Å²) >= 11 is 1.38. The van der Waals surface area contributed by atoms with Gasteiger partial charge in [0.1, 0.15) is 10.5 Å². The molecule has 2 N–H and O–H groups in total. The van der Waals surface area contributed by atoms with Crippen LogP contribution in [0.3, 0.4) is 0 Å². The zero-order chi connectivity index (χ0) is 13.2. The molecule has 0 aliphatic heterocycles. The quantitative estimate of drug-likeness (QED) is 0.553. The smallest absolute Gasteiger partial charge is 0.225 e. The fraction of sp³-hybridized carbons (Fsp3) is 0.182. The van der Waals surface area contributed by atoms with E-state index in [0.717, 1.165) is 16.1 Å². The zero-order valence-corrected chi connectivity index (χ0v) is 11.2. The molecule has 0 saturated carbocycles. The summed E-state index contributed by atoms with van der Waals surface area (Å²) in [6.07, 6.45) is 5.15. The van der Waals surface area contributed by atoms with Crippen molar-refractivity contribution >= 4 is 28.9 Å². The van der Waals surface area contributed by atoms with E-state index in [1.54, 1.807) is 25.8 Å². The minimum atomic E-state index is 0.522. The highest BCUT2D eigenvalue weighted by Crippen LogP contribution is 2.28. The number of rotatable bonds is 3. The van der Waals surface area contributed by atoms with Crippen molar-refractivity contribution in [3.8, 4) is 0 Å². The molecule has 96 valence electrons. The second-order valence-electron chi connectivity index (χ2n) is 3.85. The minimum absolute atomic E-state index is 0.522. The van der Waals surface area contributed by atoms with Gasteiger partial charge in [-0.25, -0.2) is 19.9 Å². The maximum Gasteiger partial charge on any atom is 0.225 e. The summed E-state index contributed by atoms with van der Waals surface area (Å²) in [6, 6.07) is 0. The molecule has 3 rings (SSSR count). The summed E-state index contributed by atoms with van der Waals surface area (Å²) < 4.78 is 0. The van der Waals surface area contributed by atoms with E-state index >= 15 is 0 Å². The molecule has 3 heterocycles. The van der Waals surface area contributed by atoms with Gasteiger partial charge in [0, 0.05) is 19.4 Å². The van der Waals surface area contributed by atoms with Crippen molar-refractivity contribution in [3.63, 3.8) is 0 Å². The van der Waals surface area contributed by atoms with Crippen LogP contribution in [0.2, 0.25) is 0 Å². The third kappa shape index (κ3) is 2.34. The summed E-state index contributed by atoms with van der Waals surface area (Å²) in [5.41, 5.74) is 2.43. The van der Waals surface area contributed by atoms with Crippen molar-refractivity contribution in [2.75, 3.05) is 12.4 Å². The van der Waals surface area contributed by atoms with E-state index in [0.29, 0.717) is 16.8 Å². The highest BCUT2D eigenvalue weighted by molar-refractivity contribution is 7.99. The molecule has 0 aliphatic rings. The predicted octanol–water partition coefficient (Wildman–Crippen LogP) is 1.64. The van der Waals surface area contributed by atoms with Gasteiger partial charge in [0.25, 0.3) is 0 Å². The number of aryl methyl sites for hydroxylation is 1. The molecule has 8 heteroatoms. The molecule has 0 atom stereocenters. The largest absolute Gasteiger partial charge is 0.357 e. The van der Waals surface area contributed by atoms with Crippen LogP contribution in [0.1, 0.15) is 5.56 Å². The Hall–Kier alpha value is -2.22. The lowest BCUT2D eigenvalue weighted by atomic mass is 10.4. The molecular weight excluding hydrogens is 262 g/mol. The first kappa shape index (κ1) is 11.8. The monoisotopic (exact) mass is 273 g/mol. The number of aromatic nitrogens is 6. The highest BCUT2D eigenvalue weighted by Gasteiger charge is 2.12. The van der Waals surface area contributed by atoms with Crippen molar-refractivity contribution in [1.29, 1.82) is 0 Å². The lowest BCUT2D eigenvalue weighted by Gasteiger charge is -2.03. The SMILES string of the molecule is CNc1nc(Sc2ncc(C)cn2)c2[nH]cnc2n1. The van der Waals surface area contributed by atoms with Crippen LogP contribution in [-0.2, 0) is 0 Å². The zero-order valence-electron chi connectivity index (χ0n) is 10.4. The van der Waals surface area contributed by atoms with Crippen LogP contribution < -0.4 is 5.32 Å². The Morgan fingerprint density at radius 3 is 2.68 bits per heavy atom. The van der Waals surface area contributed by atoms with Crippen molar-refractivity contribution in [2.45, 2.75) is 17.1 Å². The average molecular weight is 273 g/mol. The van der Waals surface area contributed by atoms with E-state index in [-0.39, 0.29) is 0 Å². The van der Waals surface area contributed by atoms with Gasteiger partial charge in [0.05, 0.1) is 6.33 Å². The third-order valence-corrected chi connectivity index (χ3v) is 3.30. The first-order valence-corrected chi connectivity index (χ1v) is 6.43. The standard InChI is InChI=1S/C11H11N7S/c1-6-3-13-11(14-4-6)19-9-7-8(16-5-15-7)17-10(12-2)18-9/h3-5H,1-2H3,(H2,12,15,16,17,18). The molecule has 7 nitrogen and oxygen atoms in total. The molecule has 0 bridgehead atoms. The summed E-state index contributed by atoms with van der Waals surface area (Å²) in [5, 5.41) is 4.30. The number of nitrogens with zero attached hydrogens (tertiary/aromatic N) is 5. The van der Waals surface area contributed by atoms with Crippen LogP contribution >= 0.6 is 11.8 Å². The normalized spacial score (nSPS) is 10.8. The molecular formula is C11H11N7S. The van der Waals surface area contributed by atoms with Gasteiger partial charge in [0.2, 0.25) is 5.95 Å². The molecule has 3 aromatic heterocycles. The number of anilines is 1. The van der Waals surface area contributed by atoms with Crippen LogP contribution in [0.15, 0.2) is 28.9 Å². The number of imidazole rings is 1. The van der Waals surface area contributed by atoms with E-state index in [2.05, 4.69) is 35.2 Å². The van der Waals surface area contributed by atoms with Crippen LogP contribution in [-0.4, -0.2) is 37.0 Å². The minimum Gasteiger partial charge on any atom is -0.357 e.